The van der Waals surface area contributed by atoms with Crippen LogP contribution in [0.3, 0.4) is 0 Å². The van der Waals surface area contributed by atoms with Gasteiger partial charge in [0.15, 0.2) is 5.96 Å². The van der Waals surface area contributed by atoms with Crippen LogP contribution in [-0.4, -0.2) is 62.7 Å². The highest BCUT2D eigenvalue weighted by molar-refractivity contribution is 5.88. The zero-order chi connectivity index (χ0) is 27.6. The topological polar surface area (TPSA) is 101 Å². The monoisotopic (exact) mass is 515 g/mol. The van der Waals surface area contributed by atoms with Gasteiger partial charge < -0.3 is 21.7 Å². The van der Waals surface area contributed by atoms with Gasteiger partial charge in [0.1, 0.15) is 6.67 Å². The van der Waals surface area contributed by atoms with E-state index in [-0.39, 0.29) is 11.9 Å². The number of likely N-dealkylation sites (N-methyl/N-ethyl adjacent to an activating group) is 1. The normalized spacial score (nSPS) is 19.1. The van der Waals surface area contributed by atoms with E-state index in [0.717, 1.165) is 76.7 Å². The van der Waals surface area contributed by atoms with Crippen molar-refractivity contribution in [2.24, 2.45) is 16.5 Å². The fraction of sp³-hybridized carbons (Fsp3) is 0.667. The molecule has 1 heterocycles. The number of rotatable bonds is 17. The molecule has 0 spiro atoms. The number of nitrogens with two attached hydrogens (primary N) is 2. The Kier molecular flexibility index (Phi) is 16.6. The number of hydrogen-bond acceptors (Lipinski definition) is 3. The molecule has 1 aliphatic rings. The third kappa shape index (κ3) is 16.9. The molecule has 6 N–H and O–H groups in total. The standard InChI is InChI=1S/C30H54N6O/c1-24(2)11-7-12-25(3)13-8-14-26(4)15-9-16-27(5)21-29(37)33-19-17-28-22-36(23-35(28)6)20-10-18-34-30(31)32/h11,13,15,21,28H,7-10,12,14,16-20,22-23H2,1-6H3,(H,33,37)(H4,31,32,34)/p+1. The van der Waals surface area contributed by atoms with Crippen LogP contribution in [0.4, 0.5) is 0 Å². The van der Waals surface area contributed by atoms with Crippen molar-refractivity contribution < 1.29 is 9.69 Å². The lowest BCUT2D eigenvalue weighted by atomic mass is 10.0. The quantitative estimate of drug-likeness (QED) is 0.0783. The molecule has 1 fully saturated rings. The minimum atomic E-state index is 0.0222. The van der Waals surface area contributed by atoms with Crippen LogP contribution < -0.4 is 21.7 Å². The van der Waals surface area contributed by atoms with Crippen molar-refractivity contribution in [2.45, 2.75) is 92.0 Å². The summed E-state index contributed by atoms with van der Waals surface area (Å²) in [7, 11) is 2.17. The number of carbonyl (C=O) groups is 1. The van der Waals surface area contributed by atoms with E-state index in [9.17, 15) is 4.79 Å². The van der Waals surface area contributed by atoms with Crippen LogP contribution in [-0.2, 0) is 4.79 Å². The first-order valence-corrected chi connectivity index (χ1v) is 14.1. The zero-order valence-corrected chi connectivity index (χ0v) is 24.5. The van der Waals surface area contributed by atoms with E-state index in [1.165, 1.54) is 16.7 Å². The molecule has 37 heavy (non-hydrogen) atoms. The molecule has 0 aromatic rings. The van der Waals surface area contributed by atoms with Crippen molar-refractivity contribution in [3.05, 3.63) is 46.6 Å². The maximum Gasteiger partial charge on any atom is 0.243 e. The van der Waals surface area contributed by atoms with Crippen molar-refractivity contribution in [1.29, 1.82) is 0 Å². The first-order chi connectivity index (χ1) is 17.6. The van der Waals surface area contributed by atoms with Crippen LogP contribution in [0.2, 0.25) is 0 Å². The first-order valence-electron chi connectivity index (χ1n) is 14.1. The van der Waals surface area contributed by atoms with Crippen LogP contribution in [0, 0.1) is 0 Å². The first kappa shape index (κ1) is 32.6. The van der Waals surface area contributed by atoms with E-state index in [4.69, 9.17) is 11.5 Å². The smallest absolute Gasteiger partial charge is 0.243 e. The average Bonchev–Trinajstić information content (AvgIpc) is 3.15. The summed E-state index contributed by atoms with van der Waals surface area (Å²) >= 11 is 0. The van der Waals surface area contributed by atoms with Gasteiger partial charge in [-0.3, -0.25) is 14.7 Å². The molecule has 1 amide bonds. The summed E-state index contributed by atoms with van der Waals surface area (Å²) in [5.74, 6) is 0.187. The van der Waals surface area contributed by atoms with Crippen LogP contribution in [0.25, 0.3) is 0 Å². The SMILES string of the molecule is CC(C)=CCCC(C)=CCCC(C)=CCCC(C)=CC(=O)NCCC1C[NH+](CCCN=C(N)N)CN1C. The van der Waals surface area contributed by atoms with Crippen molar-refractivity contribution in [2.75, 3.05) is 39.9 Å². The number of nitrogens with zero attached hydrogens (tertiary/aromatic N) is 2. The minimum absolute atomic E-state index is 0.0222. The molecule has 1 saturated heterocycles. The second kappa shape index (κ2) is 18.8. The Morgan fingerprint density at radius 1 is 0.973 bits per heavy atom. The van der Waals surface area contributed by atoms with Crippen LogP contribution in [0.5, 0.6) is 0 Å². The lowest BCUT2D eigenvalue weighted by molar-refractivity contribution is -0.892. The molecule has 2 atom stereocenters. The van der Waals surface area contributed by atoms with Gasteiger partial charge in [0.25, 0.3) is 0 Å². The third-order valence-electron chi connectivity index (χ3n) is 6.91. The van der Waals surface area contributed by atoms with Gasteiger partial charge in [0, 0.05) is 25.6 Å². The molecule has 0 aromatic carbocycles. The summed E-state index contributed by atoms with van der Waals surface area (Å²) in [4.78, 5) is 20.3. The van der Waals surface area contributed by atoms with Gasteiger partial charge in [-0.25, -0.2) is 0 Å². The molecule has 0 radical (unpaired) electrons. The molecular weight excluding hydrogens is 460 g/mol. The number of amides is 1. The van der Waals surface area contributed by atoms with Crippen molar-refractivity contribution >= 4 is 11.9 Å². The van der Waals surface area contributed by atoms with Gasteiger partial charge >= 0.3 is 0 Å². The van der Waals surface area contributed by atoms with Crippen LogP contribution >= 0.6 is 0 Å². The second-order valence-electron chi connectivity index (χ2n) is 11.0. The average molecular weight is 516 g/mol. The molecular formula is C30H55N6O+. The van der Waals surface area contributed by atoms with Gasteiger partial charge in [-0.2, -0.15) is 0 Å². The van der Waals surface area contributed by atoms with Gasteiger partial charge in [-0.1, -0.05) is 40.5 Å². The predicted molar refractivity (Wildman–Crippen MR) is 158 cm³/mol. The van der Waals surface area contributed by atoms with Crippen molar-refractivity contribution in [3.63, 3.8) is 0 Å². The van der Waals surface area contributed by atoms with E-state index >= 15 is 0 Å². The molecule has 0 aromatic heterocycles. The second-order valence-corrected chi connectivity index (χ2v) is 11.0. The molecule has 7 heteroatoms. The Morgan fingerprint density at radius 3 is 2.16 bits per heavy atom. The number of aliphatic imine (C=N–C) groups is 1. The van der Waals surface area contributed by atoms with Crippen molar-refractivity contribution in [3.8, 4) is 0 Å². The summed E-state index contributed by atoms with van der Waals surface area (Å²) in [6.45, 7) is 15.4. The summed E-state index contributed by atoms with van der Waals surface area (Å²) < 4.78 is 0. The highest BCUT2D eigenvalue weighted by Gasteiger charge is 2.30. The Labute approximate surface area is 226 Å². The number of hydrogen-bond donors (Lipinski definition) is 4. The zero-order valence-electron chi connectivity index (χ0n) is 24.5. The summed E-state index contributed by atoms with van der Waals surface area (Å²) in [5.41, 5.74) is 16.2. The van der Waals surface area contributed by atoms with Gasteiger partial charge in [0.2, 0.25) is 5.91 Å². The van der Waals surface area contributed by atoms with Gasteiger partial charge in [-0.15, -0.1) is 0 Å². The highest BCUT2D eigenvalue weighted by atomic mass is 16.1. The molecule has 7 nitrogen and oxygen atoms in total. The molecule has 1 rings (SSSR count). The van der Waals surface area contributed by atoms with E-state index in [1.807, 2.05) is 0 Å². The van der Waals surface area contributed by atoms with E-state index < -0.39 is 0 Å². The van der Waals surface area contributed by atoms with Gasteiger partial charge in [-0.05, 0) is 86.6 Å². The Morgan fingerprint density at radius 2 is 1.57 bits per heavy atom. The lowest BCUT2D eigenvalue weighted by Gasteiger charge is -2.14. The third-order valence-corrected chi connectivity index (χ3v) is 6.91. The van der Waals surface area contributed by atoms with Crippen molar-refractivity contribution in [1.82, 2.24) is 10.2 Å². The molecule has 2 unspecified atom stereocenters. The molecule has 210 valence electrons. The Bertz CT molecular complexity index is 831. The summed E-state index contributed by atoms with van der Waals surface area (Å²) in [6, 6.07) is 0.493. The number of carbonyl (C=O) groups excluding carboxylic acids is 1. The predicted octanol–water partition coefficient (Wildman–Crippen LogP) is 3.46. The lowest BCUT2D eigenvalue weighted by Crippen LogP contribution is -3.11. The minimum Gasteiger partial charge on any atom is -0.370 e. The maximum atomic E-state index is 12.4. The number of allylic oxidation sites excluding steroid dienone is 7. The van der Waals surface area contributed by atoms with E-state index in [1.54, 1.807) is 11.0 Å². The molecule has 1 aliphatic heterocycles. The summed E-state index contributed by atoms with van der Waals surface area (Å²) in [5, 5.41) is 3.08. The summed E-state index contributed by atoms with van der Waals surface area (Å²) in [6.07, 6.45) is 17.1. The van der Waals surface area contributed by atoms with Gasteiger partial charge in [0.05, 0.1) is 19.1 Å². The molecule has 0 aliphatic carbocycles. The number of quaternary nitrogens is 1. The van der Waals surface area contributed by atoms with E-state index in [2.05, 4.69) is 75.1 Å². The van der Waals surface area contributed by atoms with E-state index in [0.29, 0.717) is 19.1 Å². The number of guanidine groups is 1. The highest BCUT2D eigenvalue weighted by Crippen LogP contribution is 2.13. The number of nitrogens with one attached hydrogen (secondary N) is 2. The Hall–Kier alpha value is -2.38. The maximum absolute atomic E-state index is 12.4. The fourth-order valence-corrected chi connectivity index (χ4v) is 4.67. The largest absolute Gasteiger partial charge is 0.370 e. The Balaban J connectivity index is 2.24. The van der Waals surface area contributed by atoms with Crippen LogP contribution in [0.1, 0.15) is 86.0 Å². The molecule has 0 saturated carbocycles. The fourth-order valence-electron chi connectivity index (χ4n) is 4.67. The molecule has 0 bridgehead atoms. The van der Waals surface area contributed by atoms with Crippen LogP contribution in [0.15, 0.2) is 51.6 Å².